The summed E-state index contributed by atoms with van der Waals surface area (Å²) >= 11 is 0. The van der Waals surface area contributed by atoms with Gasteiger partial charge in [0.15, 0.2) is 11.6 Å². The Hall–Kier alpha value is -1.83. The van der Waals surface area contributed by atoms with Crippen LogP contribution >= 0.6 is 0 Å². The highest BCUT2D eigenvalue weighted by Crippen LogP contribution is 2.20. The molecule has 0 unspecified atom stereocenters. The van der Waals surface area contributed by atoms with E-state index in [1.807, 2.05) is 4.72 Å². The van der Waals surface area contributed by atoms with Crippen molar-refractivity contribution in [3.8, 4) is 5.75 Å². The van der Waals surface area contributed by atoms with Crippen LogP contribution in [0.1, 0.15) is 6.92 Å². The number of hydrogen-bond donors (Lipinski definition) is 2. The Labute approximate surface area is 103 Å². The summed E-state index contributed by atoms with van der Waals surface area (Å²) in [5.41, 5.74) is -0.350. The molecule has 0 atom stereocenters. The maximum atomic E-state index is 13.3. The van der Waals surface area contributed by atoms with Gasteiger partial charge in [0.2, 0.25) is 10.0 Å². The van der Waals surface area contributed by atoms with Gasteiger partial charge in [0, 0.05) is 6.07 Å². The molecule has 0 saturated carbocycles. The predicted molar refractivity (Wildman–Crippen MR) is 62.1 cm³/mol. The Bertz CT molecular complexity index is 543. The van der Waals surface area contributed by atoms with Crippen LogP contribution in [0.15, 0.2) is 18.2 Å². The Morgan fingerprint density at radius 1 is 1.50 bits per heavy atom. The van der Waals surface area contributed by atoms with E-state index in [4.69, 9.17) is 5.11 Å². The molecule has 0 bridgehead atoms. The number of esters is 1. The molecule has 0 aliphatic rings. The minimum absolute atomic E-state index is 0.0575. The van der Waals surface area contributed by atoms with Crippen LogP contribution in [-0.4, -0.2) is 31.9 Å². The van der Waals surface area contributed by atoms with Crippen molar-refractivity contribution in [1.82, 2.24) is 0 Å². The van der Waals surface area contributed by atoms with Crippen LogP contribution in [0.5, 0.6) is 5.75 Å². The van der Waals surface area contributed by atoms with Crippen molar-refractivity contribution in [3.05, 3.63) is 24.0 Å². The Balaban J connectivity index is 2.79. The Morgan fingerprint density at radius 2 is 2.17 bits per heavy atom. The lowest BCUT2D eigenvalue weighted by Gasteiger charge is -2.08. The maximum Gasteiger partial charge on any atom is 0.323 e. The standard InChI is InChI=1S/C10H12FNO5S/c1-2-17-10(14)6-18(15,16)12-9-4-3-7(13)5-8(9)11/h3-5,12-13H,2,6H2,1H3. The zero-order valence-corrected chi connectivity index (χ0v) is 10.3. The van der Waals surface area contributed by atoms with Crippen molar-refractivity contribution in [2.45, 2.75) is 6.92 Å². The molecule has 1 aromatic carbocycles. The molecule has 1 rings (SSSR count). The summed E-state index contributed by atoms with van der Waals surface area (Å²) < 4.78 is 42.6. The number of aromatic hydroxyl groups is 1. The van der Waals surface area contributed by atoms with Gasteiger partial charge in [-0.2, -0.15) is 0 Å². The number of sulfonamides is 1. The normalized spacial score (nSPS) is 11.0. The molecule has 0 aliphatic carbocycles. The number of carbonyl (C=O) groups is 1. The number of halogens is 1. The minimum Gasteiger partial charge on any atom is -0.508 e. The first-order valence-electron chi connectivity index (χ1n) is 4.98. The highest BCUT2D eigenvalue weighted by atomic mass is 32.2. The van der Waals surface area contributed by atoms with Gasteiger partial charge in [0.25, 0.3) is 0 Å². The second-order valence-corrected chi connectivity index (χ2v) is 5.05. The second kappa shape index (κ2) is 5.67. The smallest absolute Gasteiger partial charge is 0.323 e. The molecule has 18 heavy (non-hydrogen) atoms. The van der Waals surface area contributed by atoms with Crippen molar-refractivity contribution in [2.75, 3.05) is 17.1 Å². The molecule has 8 heteroatoms. The van der Waals surface area contributed by atoms with Crippen LogP contribution in [0.25, 0.3) is 0 Å². The highest BCUT2D eigenvalue weighted by molar-refractivity contribution is 7.93. The fraction of sp³-hybridized carbons (Fsp3) is 0.300. The van der Waals surface area contributed by atoms with Gasteiger partial charge < -0.3 is 9.84 Å². The average Bonchev–Trinajstić information content (AvgIpc) is 2.21. The zero-order valence-electron chi connectivity index (χ0n) is 9.51. The largest absolute Gasteiger partial charge is 0.508 e. The van der Waals surface area contributed by atoms with Gasteiger partial charge in [-0.05, 0) is 19.1 Å². The first kappa shape index (κ1) is 14.2. The van der Waals surface area contributed by atoms with Gasteiger partial charge in [-0.25, -0.2) is 12.8 Å². The number of phenols is 1. The fourth-order valence-electron chi connectivity index (χ4n) is 1.15. The van der Waals surface area contributed by atoms with Gasteiger partial charge in [-0.1, -0.05) is 0 Å². The quantitative estimate of drug-likeness (QED) is 0.614. The first-order chi connectivity index (χ1) is 8.34. The number of benzene rings is 1. The third-order valence-electron chi connectivity index (χ3n) is 1.83. The van der Waals surface area contributed by atoms with E-state index < -0.39 is 27.6 Å². The number of rotatable bonds is 5. The highest BCUT2D eigenvalue weighted by Gasteiger charge is 2.19. The molecule has 0 spiro atoms. The molecule has 0 heterocycles. The number of anilines is 1. The molecule has 0 aromatic heterocycles. The number of hydrogen-bond acceptors (Lipinski definition) is 5. The lowest BCUT2D eigenvalue weighted by Crippen LogP contribution is -2.24. The summed E-state index contributed by atoms with van der Waals surface area (Å²) in [4.78, 5) is 11.0. The van der Waals surface area contributed by atoms with Gasteiger partial charge in [-0.15, -0.1) is 0 Å². The van der Waals surface area contributed by atoms with E-state index in [0.717, 1.165) is 18.2 Å². The summed E-state index contributed by atoms with van der Waals surface area (Å²) in [6, 6.07) is 2.92. The average molecular weight is 277 g/mol. The van der Waals surface area contributed by atoms with Crippen molar-refractivity contribution in [1.29, 1.82) is 0 Å². The van der Waals surface area contributed by atoms with Crippen LogP contribution in [0.3, 0.4) is 0 Å². The molecule has 2 N–H and O–H groups in total. The number of phenolic OH excluding ortho intramolecular Hbond substituents is 1. The molecule has 0 fully saturated rings. The Kier molecular flexibility index (Phi) is 4.49. The zero-order chi connectivity index (χ0) is 13.8. The van der Waals surface area contributed by atoms with Crippen LogP contribution in [0.2, 0.25) is 0 Å². The van der Waals surface area contributed by atoms with Crippen LogP contribution in [0.4, 0.5) is 10.1 Å². The molecule has 6 nitrogen and oxygen atoms in total. The first-order valence-corrected chi connectivity index (χ1v) is 6.64. The monoisotopic (exact) mass is 277 g/mol. The number of carbonyl (C=O) groups excluding carboxylic acids is 1. The van der Waals surface area contributed by atoms with Gasteiger partial charge in [0.05, 0.1) is 12.3 Å². The second-order valence-electron chi connectivity index (χ2n) is 3.33. The predicted octanol–water partition coefficient (Wildman–Crippen LogP) is 0.836. The third kappa shape index (κ3) is 4.21. The molecular formula is C10H12FNO5S. The van der Waals surface area contributed by atoms with E-state index in [1.165, 1.54) is 6.92 Å². The summed E-state index contributed by atoms with van der Waals surface area (Å²) in [5.74, 6) is -3.10. The lowest BCUT2D eigenvalue weighted by molar-refractivity contribution is -0.139. The van der Waals surface area contributed by atoms with Gasteiger partial charge in [0.1, 0.15) is 5.75 Å². The van der Waals surface area contributed by atoms with Crippen LogP contribution in [-0.2, 0) is 19.6 Å². The topological polar surface area (TPSA) is 92.7 Å². The molecule has 100 valence electrons. The summed E-state index contributed by atoms with van der Waals surface area (Å²) in [7, 11) is -4.04. The molecule has 0 radical (unpaired) electrons. The van der Waals surface area contributed by atoms with Crippen LogP contribution < -0.4 is 4.72 Å². The SMILES string of the molecule is CCOC(=O)CS(=O)(=O)Nc1ccc(O)cc1F. The van der Waals surface area contributed by atoms with Crippen molar-refractivity contribution in [3.63, 3.8) is 0 Å². The lowest BCUT2D eigenvalue weighted by atomic mass is 10.3. The number of ether oxygens (including phenoxy) is 1. The summed E-state index contributed by atoms with van der Waals surface area (Å²) in [5, 5.41) is 8.96. The Morgan fingerprint density at radius 3 is 2.72 bits per heavy atom. The molecule has 0 aliphatic heterocycles. The van der Waals surface area contributed by atoms with Gasteiger partial charge >= 0.3 is 5.97 Å². The van der Waals surface area contributed by atoms with Crippen molar-refractivity contribution >= 4 is 21.7 Å². The van der Waals surface area contributed by atoms with Gasteiger partial charge in [-0.3, -0.25) is 9.52 Å². The fourth-order valence-corrected chi connectivity index (χ4v) is 2.11. The summed E-state index contributed by atoms with van der Waals surface area (Å²) in [6.45, 7) is 1.60. The maximum absolute atomic E-state index is 13.3. The van der Waals surface area contributed by atoms with Crippen LogP contribution in [0, 0.1) is 5.82 Å². The molecule has 1 aromatic rings. The van der Waals surface area contributed by atoms with E-state index in [1.54, 1.807) is 0 Å². The summed E-state index contributed by atoms with van der Waals surface area (Å²) in [6.07, 6.45) is 0. The molecular weight excluding hydrogens is 265 g/mol. The minimum atomic E-state index is -4.04. The van der Waals surface area contributed by atoms with E-state index in [9.17, 15) is 17.6 Å². The third-order valence-corrected chi connectivity index (χ3v) is 2.98. The number of nitrogens with one attached hydrogen (secondary N) is 1. The molecule has 0 amide bonds. The van der Waals surface area contributed by atoms with E-state index >= 15 is 0 Å². The van der Waals surface area contributed by atoms with Crippen molar-refractivity contribution < 1.29 is 27.4 Å². The van der Waals surface area contributed by atoms with Crippen molar-refractivity contribution in [2.24, 2.45) is 0 Å². The molecule has 0 saturated heterocycles. The van der Waals surface area contributed by atoms with E-state index in [0.29, 0.717) is 0 Å². The van der Waals surface area contributed by atoms with E-state index in [2.05, 4.69) is 4.74 Å². The van der Waals surface area contributed by atoms with E-state index in [-0.39, 0.29) is 18.0 Å².